The van der Waals surface area contributed by atoms with E-state index >= 15 is 0 Å². The Kier molecular flexibility index (Phi) is 2.84. The molecule has 0 aliphatic carbocycles. The second kappa shape index (κ2) is 4.11. The molecule has 0 radical (unpaired) electrons. The Morgan fingerprint density at radius 1 is 1.64 bits per heavy atom. The Balaban J connectivity index is 2.15. The molecular weight excluding hydrogens is 198 g/mol. The van der Waals surface area contributed by atoms with Crippen molar-refractivity contribution in [3.8, 4) is 0 Å². The summed E-state index contributed by atoms with van der Waals surface area (Å²) < 4.78 is 4.79. The Hall–Kier alpha value is -0.870. The van der Waals surface area contributed by atoms with Gasteiger partial charge in [0.25, 0.3) is 0 Å². The van der Waals surface area contributed by atoms with Crippen molar-refractivity contribution in [1.29, 1.82) is 0 Å². The molecule has 1 aliphatic rings. The van der Waals surface area contributed by atoms with E-state index in [9.17, 15) is 4.79 Å². The Labute approximate surface area is 87.1 Å². The lowest BCUT2D eigenvalue weighted by molar-refractivity contribution is -0.145. The lowest BCUT2D eigenvalue weighted by Gasteiger charge is -2.14. The molecule has 0 amide bonds. The number of thiophene rings is 1. The van der Waals surface area contributed by atoms with Gasteiger partial charge < -0.3 is 10.1 Å². The van der Waals surface area contributed by atoms with Crippen LogP contribution in [0.2, 0.25) is 0 Å². The average Bonchev–Trinajstić information content (AvgIpc) is 2.85. The van der Waals surface area contributed by atoms with E-state index in [0.717, 1.165) is 13.1 Å². The number of hydrogen-bond donors (Lipinski definition) is 1. The molecule has 14 heavy (non-hydrogen) atoms. The van der Waals surface area contributed by atoms with E-state index in [1.165, 1.54) is 12.0 Å². The number of hydrogen-bond acceptors (Lipinski definition) is 4. The van der Waals surface area contributed by atoms with Crippen LogP contribution in [0.1, 0.15) is 10.8 Å². The van der Waals surface area contributed by atoms with E-state index in [1.54, 1.807) is 11.3 Å². The first kappa shape index (κ1) is 9.68. The molecule has 0 aromatic carbocycles. The lowest BCUT2D eigenvalue weighted by atomic mass is 9.95. The molecule has 3 nitrogen and oxygen atoms in total. The maximum absolute atomic E-state index is 11.5. The van der Waals surface area contributed by atoms with Crippen molar-refractivity contribution in [3.05, 3.63) is 22.4 Å². The van der Waals surface area contributed by atoms with E-state index in [1.807, 2.05) is 11.4 Å². The van der Waals surface area contributed by atoms with Crippen molar-refractivity contribution < 1.29 is 9.53 Å². The highest BCUT2D eigenvalue weighted by Crippen LogP contribution is 2.31. The predicted molar refractivity (Wildman–Crippen MR) is 55.4 cm³/mol. The van der Waals surface area contributed by atoms with Crippen LogP contribution in [0, 0.1) is 5.92 Å². The lowest BCUT2D eigenvalue weighted by Crippen LogP contribution is -2.22. The molecule has 1 fully saturated rings. The SMILES string of the molecule is COC(=O)C1CNCC1c1cccs1. The van der Waals surface area contributed by atoms with Gasteiger partial charge >= 0.3 is 5.97 Å². The molecule has 2 unspecified atom stereocenters. The van der Waals surface area contributed by atoms with Crippen molar-refractivity contribution in [2.75, 3.05) is 20.2 Å². The molecule has 1 aliphatic heterocycles. The minimum atomic E-state index is -0.103. The molecule has 0 saturated carbocycles. The summed E-state index contributed by atoms with van der Waals surface area (Å²) in [7, 11) is 1.45. The number of esters is 1. The fraction of sp³-hybridized carbons (Fsp3) is 0.500. The van der Waals surface area contributed by atoms with Gasteiger partial charge in [0.15, 0.2) is 0 Å². The van der Waals surface area contributed by atoms with Crippen LogP contribution < -0.4 is 5.32 Å². The van der Waals surface area contributed by atoms with E-state index in [4.69, 9.17) is 4.74 Å². The van der Waals surface area contributed by atoms with E-state index in [-0.39, 0.29) is 11.9 Å². The summed E-state index contributed by atoms with van der Waals surface area (Å²) >= 11 is 1.70. The zero-order chi connectivity index (χ0) is 9.97. The number of carbonyl (C=O) groups excluding carboxylic acids is 1. The molecule has 76 valence electrons. The fourth-order valence-corrected chi connectivity index (χ4v) is 2.77. The third-order valence-corrected chi connectivity index (χ3v) is 3.63. The molecule has 0 bridgehead atoms. The number of methoxy groups -OCH3 is 1. The number of carbonyl (C=O) groups is 1. The van der Waals surface area contributed by atoms with Gasteiger partial charge in [-0.2, -0.15) is 0 Å². The first-order valence-electron chi connectivity index (χ1n) is 4.65. The Bertz CT molecular complexity index is 310. The zero-order valence-corrected chi connectivity index (χ0v) is 8.84. The molecule has 2 heterocycles. The van der Waals surface area contributed by atoms with Gasteiger partial charge in [-0.15, -0.1) is 11.3 Å². The topological polar surface area (TPSA) is 38.3 Å². The third kappa shape index (κ3) is 1.67. The molecular formula is C10H13NO2S. The van der Waals surface area contributed by atoms with Crippen molar-refractivity contribution >= 4 is 17.3 Å². The smallest absolute Gasteiger partial charge is 0.310 e. The van der Waals surface area contributed by atoms with Crippen LogP contribution in [0.15, 0.2) is 17.5 Å². The van der Waals surface area contributed by atoms with Gasteiger partial charge in [-0.3, -0.25) is 4.79 Å². The van der Waals surface area contributed by atoms with Gasteiger partial charge in [-0.25, -0.2) is 0 Å². The second-order valence-corrected chi connectivity index (χ2v) is 4.39. The van der Waals surface area contributed by atoms with Gasteiger partial charge in [0, 0.05) is 23.9 Å². The maximum Gasteiger partial charge on any atom is 0.310 e. The van der Waals surface area contributed by atoms with Crippen molar-refractivity contribution in [2.45, 2.75) is 5.92 Å². The Morgan fingerprint density at radius 2 is 2.50 bits per heavy atom. The number of ether oxygens (including phenoxy) is 1. The second-order valence-electron chi connectivity index (χ2n) is 3.41. The van der Waals surface area contributed by atoms with Crippen LogP contribution in [0.5, 0.6) is 0 Å². The Morgan fingerprint density at radius 3 is 3.14 bits per heavy atom. The molecule has 1 aromatic heterocycles. The summed E-state index contributed by atoms with van der Waals surface area (Å²) in [6.07, 6.45) is 0. The van der Waals surface area contributed by atoms with Crippen LogP contribution in [0.4, 0.5) is 0 Å². The molecule has 1 N–H and O–H groups in total. The molecule has 2 atom stereocenters. The summed E-state index contributed by atoms with van der Waals surface area (Å²) in [5.74, 6) is 0.175. The largest absolute Gasteiger partial charge is 0.469 e. The summed E-state index contributed by atoms with van der Waals surface area (Å²) in [6, 6.07) is 4.10. The molecule has 0 spiro atoms. The highest BCUT2D eigenvalue weighted by molar-refractivity contribution is 7.10. The fourth-order valence-electron chi connectivity index (χ4n) is 1.88. The zero-order valence-electron chi connectivity index (χ0n) is 8.03. The normalized spacial score (nSPS) is 26.4. The van der Waals surface area contributed by atoms with Gasteiger partial charge in [-0.05, 0) is 11.4 Å². The van der Waals surface area contributed by atoms with Gasteiger partial charge in [0.1, 0.15) is 0 Å². The van der Waals surface area contributed by atoms with Crippen LogP contribution in [0.3, 0.4) is 0 Å². The summed E-state index contributed by atoms with van der Waals surface area (Å²) in [5, 5.41) is 5.28. The number of rotatable bonds is 2. The van der Waals surface area contributed by atoms with Gasteiger partial charge in [-0.1, -0.05) is 6.07 Å². The summed E-state index contributed by atoms with van der Waals surface area (Å²) in [6.45, 7) is 1.61. The van der Waals surface area contributed by atoms with E-state index < -0.39 is 0 Å². The van der Waals surface area contributed by atoms with Crippen molar-refractivity contribution in [2.24, 2.45) is 5.92 Å². The monoisotopic (exact) mass is 211 g/mol. The van der Waals surface area contributed by atoms with Crippen LogP contribution >= 0.6 is 11.3 Å². The first-order valence-corrected chi connectivity index (χ1v) is 5.53. The van der Waals surface area contributed by atoms with Crippen molar-refractivity contribution in [1.82, 2.24) is 5.32 Å². The third-order valence-electron chi connectivity index (χ3n) is 2.63. The molecule has 4 heteroatoms. The van der Waals surface area contributed by atoms with E-state index in [2.05, 4.69) is 11.4 Å². The summed E-state index contributed by atoms with van der Waals surface area (Å²) in [5.41, 5.74) is 0. The first-order chi connectivity index (χ1) is 6.83. The standard InChI is InChI=1S/C10H13NO2S/c1-13-10(12)8-6-11-5-7(8)9-3-2-4-14-9/h2-4,7-8,11H,5-6H2,1H3. The predicted octanol–water partition coefficient (Wildman–Crippen LogP) is 1.22. The van der Waals surface area contributed by atoms with Crippen LogP contribution in [0.25, 0.3) is 0 Å². The highest BCUT2D eigenvalue weighted by Gasteiger charge is 2.35. The minimum absolute atomic E-state index is 0.0151. The molecule has 2 rings (SSSR count). The van der Waals surface area contributed by atoms with Gasteiger partial charge in [0.05, 0.1) is 13.0 Å². The van der Waals surface area contributed by atoms with Crippen molar-refractivity contribution in [3.63, 3.8) is 0 Å². The van der Waals surface area contributed by atoms with E-state index in [0.29, 0.717) is 5.92 Å². The quantitative estimate of drug-likeness (QED) is 0.748. The molecule has 1 aromatic rings. The highest BCUT2D eigenvalue weighted by atomic mass is 32.1. The number of nitrogens with one attached hydrogen (secondary N) is 1. The maximum atomic E-state index is 11.5. The summed E-state index contributed by atoms with van der Waals surface area (Å²) in [4.78, 5) is 12.7. The van der Waals surface area contributed by atoms with Crippen LogP contribution in [-0.2, 0) is 9.53 Å². The minimum Gasteiger partial charge on any atom is -0.469 e. The van der Waals surface area contributed by atoms with Crippen LogP contribution in [-0.4, -0.2) is 26.2 Å². The molecule has 1 saturated heterocycles. The van der Waals surface area contributed by atoms with Gasteiger partial charge in [0.2, 0.25) is 0 Å². The average molecular weight is 211 g/mol.